The van der Waals surface area contributed by atoms with Gasteiger partial charge in [-0.1, -0.05) is 6.07 Å². The molecule has 2 amide bonds. The number of rotatable bonds is 6. The van der Waals surface area contributed by atoms with Crippen LogP contribution in [0.5, 0.6) is 17.4 Å². The number of urea groups is 1. The standard InChI is InChI=1S/C19H24N4O4/c1-13-4-7-18(22-21-13)27-15-8-9-23(12-15)19(24)20-11-14-5-6-16(25-2)17(10-14)26-3/h4-7,10,15H,8-9,11-12H2,1-3H3,(H,20,24)/t15-/m1/s1. The number of nitrogens with one attached hydrogen (secondary N) is 1. The molecule has 0 aliphatic carbocycles. The van der Waals surface area contributed by atoms with E-state index in [2.05, 4.69) is 15.5 Å². The Morgan fingerprint density at radius 1 is 1.19 bits per heavy atom. The van der Waals surface area contributed by atoms with E-state index in [1.165, 1.54) is 0 Å². The number of aryl methyl sites for hydroxylation is 1. The minimum absolute atomic E-state index is 0.0752. The Hall–Kier alpha value is -3.03. The molecule has 1 atom stereocenters. The largest absolute Gasteiger partial charge is 0.493 e. The van der Waals surface area contributed by atoms with Crippen LogP contribution in [0.4, 0.5) is 4.79 Å². The lowest BCUT2D eigenvalue weighted by Crippen LogP contribution is -2.39. The molecule has 27 heavy (non-hydrogen) atoms. The summed E-state index contributed by atoms with van der Waals surface area (Å²) in [7, 11) is 3.18. The predicted octanol–water partition coefficient (Wildman–Crippen LogP) is 2.17. The van der Waals surface area contributed by atoms with Crippen LogP contribution >= 0.6 is 0 Å². The number of hydrogen-bond acceptors (Lipinski definition) is 6. The van der Waals surface area contributed by atoms with Gasteiger partial charge < -0.3 is 24.4 Å². The molecule has 0 spiro atoms. The third-order valence-electron chi connectivity index (χ3n) is 4.38. The highest BCUT2D eigenvalue weighted by Gasteiger charge is 2.27. The van der Waals surface area contributed by atoms with Crippen LogP contribution in [0.15, 0.2) is 30.3 Å². The molecule has 0 unspecified atom stereocenters. The van der Waals surface area contributed by atoms with Crippen molar-refractivity contribution in [2.24, 2.45) is 0 Å². The van der Waals surface area contributed by atoms with Gasteiger partial charge in [-0.2, -0.15) is 5.10 Å². The summed E-state index contributed by atoms with van der Waals surface area (Å²) in [5.41, 5.74) is 1.77. The van der Waals surface area contributed by atoms with Crippen molar-refractivity contribution < 1.29 is 19.0 Å². The summed E-state index contributed by atoms with van der Waals surface area (Å²) in [6.07, 6.45) is 0.688. The van der Waals surface area contributed by atoms with Crippen molar-refractivity contribution in [1.82, 2.24) is 20.4 Å². The first-order valence-corrected chi connectivity index (χ1v) is 8.79. The Bertz CT molecular complexity index is 782. The van der Waals surface area contributed by atoms with Gasteiger partial charge in [-0.3, -0.25) is 0 Å². The number of carbonyl (C=O) groups excluding carboxylic acids is 1. The van der Waals surface area contributed by atoms with Crippen LogP contribution in [0.25, 0.3) is 0 Å². The predicted molar refractivity (Wildman–Crippen MR) is 99.2 cm³/mol. The van der Waals surface area contributed by atoms with Crippen molar-refractivity contribution in [3.05, 3.63) is 41.6 Å². The number of methoxy groups -OCH3 is 2. The van der Waals surface area contributed by atoms with Crippen LogP contribution in [0, 0.1) is 6.92 Å². The minimum Gasteiger partial charge on any atom is -0.493 e. The van der Waals surface area contributed by atoms with Gasteiger partial charge in [0.25, 0.3) is 0 Å². The SMILES string of the molecule is COc1ccc(CNC(=O)N2CC[C@@H](Oc3ccc(C)nn3)C2)cc1OC. The Labute approximate surface area is 158 Å². The van der Waals surface area contributed by atoms with E-state index >= 15 is 0 Å². The van der Waals surface area contributed by atoms with Crippen LogP contribution in [0.3, 0.4) is 0 Å². The van der Waals surface area contributed by atoms with Gasteiger partial charge in [0.1, 0.15) is 6.10 Å². The van der Waals surface area contributed by atoms with E-state index < -0.39 is 0 Å². The van der Waals surface area contributed by atoms with E-state index in [-0.39, 0.29) is 12.1 Å². The van der Waals surface area contributed by atoms with Gasteiger partial charge >= 0.3 is 6.03 Å². The van der Waals surface area contributed by atoms with Crippen LogP contribution in [-0.4, -0.2) is 54.5 Å². The monoisotopic (exact) mass is 372 g/mol. The third kappa shape index (κ3) is 4.78. The molecule has 1 aromatic carbocycles. The van der Waals surface area contributed by atoms with Gasteiger partial charge in [-0.05, 0) is 30.7 Å². The number of nitrogens with zero attached hydrogens (tertiary/aromatic N) is 3. The van der Waals surface area contributed by atoms with Gasteiger partial charge in [0.05, 0.1) is 26.5 Å². The van der Waals surface area contributed by atoms with Gasteiger partial charge in [-0.15, -0.1) is 5.10 Å². The van der Waals surface area contributed by atoms with E-state index in [4.69, 9.17) is 14.2 Å². The lowest BCUT2D eigenvalue weighted by molar-refractivity contribution is 0.182. The zero-order valence-electron chi connectivity index (χ0n) is 15.8. The summed E-state index contributed by atoms with van der Waals surface area (Å²) in [6, 6.07) is 9.10. The smallest absolute Gasteiger partial charge is 0.317 e. The molecule has 2 aromatic rings. The average Bonchev–Trinajstić information content (AvgIpc) is 3.16. The lowest BCUT2D eigenvalue weighted by atomic mass is 10.2. The summed E-state index contributed by atoms with van der Waals surface area (Å²) in [5, 5.41) is 10.9. The zero-order valence-corrected chi connectivity index (χ0v) is 15.8. The molecule has 0 radical (unpaired) electrons. The highest BCUT2D eigenvalue weighted by Crippen LogP contribution is 2.27. The van der Waals surface area contributed by atoms with Gasteiger partial charge in [-0.25, -0.2) is 4.79 Å². The van der Waals surface area contributed by atoms with Crippen molar-refractivity contribution in [2.75, 3.05) is 27.3 Å². The molecule has 1 aliphatic rings. The number of aromatic nitrogens is 2. The molecular weight excluding hydrogens is 348 g/mol. The highest BCUT2D eigenvalue weighted by atomic mass is 16.5. The molecule has 0 bridgehead atoms. The third-order valence-corrected chi connectivity index (χ3v) is 4.38. The van der Waals surface area contributed by atoms with E-state index in [0.717, 1.165) is 17.7 Å². The quantitative estimate of drug-likeness (QED) is 0.836. The summed E-state index contributed by atoms with van der Waals surface area (Å²) in [6.45, 7) is 3.44. The zero-order chi connectivity index (χ0) is 19.2. The Morgan fingerprint density at radius 2 is 2.00 bits per heavy atom. The van der Waals surface area contributed by atoms with Crippen molar-refractivity contribution in [2.45, 2.75) is 26.0 Å². The first-order chi connectivity index (χ1) is 13.1. The van der Waals surface area contributed by atoms with Gasteiger partial charge in [0.15, 0.2) is 11.5 Å². The maximum absolute atomic E-state index is 12.4. The van der Waals surface area contributed by atoms with Crippen molar-refractivity contribution in [3.63, 3.8) is 0 Å². The van der Waals surface area contributed by atoms with Gasteiger partial charge in [0, 0.05) is 25.6 Å². The van der Waals surface area contributed by atoms with Crippen LogP contribution in [-0.2, 0) is 6.54 Å². The molecular formula is C19H24N4O4. The minimum atomic E-state index is -0.120. The van der Waals surface area contributed by atoms with E-state index in [1.54, 1.807) is 25.2 Å². The number of carbonyl (C=O) groups is 1. The van der Waals surface area contributed by atoms with Crippen molar-refractivity contribution in [1.29, 1.82) is 0 Å². The van der Waals surface area contributed by atoms with Crippen molar-refractivity contribution >= 4 is 6.03 Å². The summed E-state index contributed by atoms with van der Waals surface area (Å²) in [4.78, 5) is 14.2. The highest BCUT2D eigenvalue weighted by molar-refractivity contribution is 5.74. The maximum atomic E-state index is 12.4. The fourth-order valence-corrected chi connectivity index (χ4v) is 2.91. The molecule has 1 aliphatic heterocycles. The maximum Gasteiger partial charge on any atom is 0.317 e. The fourth-order valence-electron chi connectivity index (χ4n) is 2.91. The topological polar surface area (TPSA) is 85.8 Å². The summed E-state index contributed by atoms with van der Waals surface area (Å²) >= 11 is 0. The second kappa shape index (κ2) is 8.57. The molecule has 8 heteroatoms. The number of ether oxygens (including phenoxy) is 3. The molecule has 3 rings (SSSR count). The molecule has 1 aromatic heterocycles. The molecule has 0 saturated carbocycles. The molecule has 144 valence electrons. The van der Waals surface area contributed by atoms with Gasteiger partial charge in [0.2, 0.25) is 5.88 Å². The normalized spacial score (nSPS) is 16.1. The van der Waals surface area contributed by atoms with E-state index in [0.29, 0.717) is 37.0 Å². The summed E-state index contributed by atoms with van der Waals surface area (Å²) in [5.74, 6) is 1.78. The molecule has 2 heterocycles. The number of hydrogen-bond donors (Lipinski definition) is 1. The van der Waals surface area contributed by atoms with Crippen molar-refractivity contribution in [3.8, 4) is 17.4 Å². The number of amides is 2. The molecule has 1 N–H and O–H groups in total. The molecule has 1 saturated heterocycles. The first-order valence-electron chi connectivity index (χ1n) is 8.79. The second-order valence-corrected chi connectivity index (χ2v) is 6.34. The Morgan fingerprint density at radius 3 is 2.70 bits per heavy atom. The first kappa shape index (κ1) is 18.8. The van der Waals surface area contributed by atoms with E-state index in [9.17, 15) is 4.79 Å². The fraction of sp³-hybridized carbons (Fsp3) is 0.421. The molecule has 1 fully saturated rings. The number of likely N-dealkylation sites (tertiary alicyclic amines) is 1. The Balaban J connectivity index is 1.49. The van der Waals surface area contributed by atoms with Crippen LogP contribution in [0.2, 0.25) is 0 Å². The lowest BCUT2D eigenvalue weighted by Gasteiger charge is -2.18. The Kier molecular flexibility index (Phi) is 5.95. The molecule has 8 nitrogen and oxygen atoms in total. The van der Waals surface area contributed by atoms with Crippen LogP contribution < -0.4 is 19.5 Å². The second-order valence-electron chi connectivity index (χ2n) is 6.34. The van der Waals surface area contributed by atoms with E-state index in [1.807, 2.05) is 31.2 Å². The summed E-state index contributed by atoms with van der Waals surface area (Å²) < 4.78 is 16.3. The van der Waals surface area contributed by atoms with Crippen LogP contribution in [0.1, 0.15) is 17.7 Å². The number of benzene rings is 1. The average molecular weight is 372 g/mol.